The van der Waals surface area contributed by atoms with Gasteiger partial charge in [0.2, 0.25) is 11.8 Å². The average Bonchev–Trinajstić information content (AvgIpc) is 4.31. The lowest BCUT2D eigenvalue weighted by molar-refractivity contribution is -0.369. The minimum absolute atomic E-state index is 0.0100. The van der Waals surface area contributed by atoms with E-state index in [1.807, 2.05) is 54.6 Å². The molecule has 1 aliphatic carbocycles. The molecule has 0 fully saturated rings. The molecule has 2 aliphatic rings. The molecule has 0 unspecified atom stereocenters. The molecule has 12 nitrogen and oxygen atoms in total. The molecule has 11 aromatic rings. The van der Waals surface area contributed by atoms with Crippen LogP contribution in [0.2, 0.25) is 0 Å². The van der Waals surface area contributed by atoms with E-state index in [0.29, 0.717) is 42.4 Å². The molecule has 12 heteroatoms. The fraction of sp³-hybridized carbons (Fsp3) is 0.143. The first-order chi connectivity index (χ1) is 36.8. The monoisotopic (exact) mass is 987 g/mol. The molecule has 75 heavy (non-hydrogen) atoms. The summed E-state index contributed by atoms with van der Waals surface area (Å²) < 4.78 is 10.8. The van der Waals surface area contributed by atoms with E-state index in [1.54, 1.807) is 0 Å². The zero-order chi connectivity index (χ0) is 51.2. The fourth-order valence-electron chi connectivity index (χ4n) is 11.2. The molecule has 0 bridgehead atoms. The third kappa shape index (κ3) is 8.59. The number of Topliss-reactive ketones (excluding diaryl/α,β-unsaturated/α-hetero) is 1. The van der Waals surface area contributed by atoms with Gasteiger partial charge in [0.15, 0.2) is 5.78 Å². The van der Waals surface area contributed by atoms with E-state index in [0.717, 1.165) is 94.8 Å². The van der Waals surface area contributed by atoms with Crippen molar-refractivity contribution in [2.45, 2.75) is 32.4 Å². The van der Waals surface area contributed by atoms with Gasteiger partial charge in [0.1, 0.15) is 0 Å². The van der Waals surface area contributed by atoms with E-state index in [-0.39, 0.29) is 11.7 Å². The van der Waals surface area contributed by atoms with Gasteiger partial charge in [0.05, 0.1) is 25.2 Å². The quantitative estimate of drug-likeness (QED) is 0.0751. The van der Waals surface area contributed by atoms with Crippen molar-refractivity contribution in [3.05, 3.63) is 198 Å². The second-order valence-electron chi connectivity index (χ2n) is 19.3. The summed E-state index contributed by atoms with van der Waals surface area (Å²) in [5.41, 5.74) is 37.5. The lowest BCUT2D eigenvalue weighted by Gasteiger charge is -2.07. The largest absolute Gasteiger partial charge is 0.416 e. The molecule has 3 aromatic heterocycles. The van der Waals surface area contributed by atoms with Crippen molar-refractivity contribution in [2.24, 2.45) is 11.5 Å². The smallest absolute Gasteiger partial charge is 0.257 e. The number of nitrogens with one attached hydrogen (secondary N) is 1. The summed E-state index contributed by atoms with van der Waals surface area (Å²) in [6.07, 6.45) is 2.00. The Hall–Kier alpha value is -8.78. The average molecular weight is 988 g/mol. The lowest BCUT2D eigenvalue weighted by Crippen LogP contribution is -2.51. The molecule has 0 radical (unpaired) electrons. The zero-order valence-electron chi connectivity index (χ0n) is 41.6. The number of nitrogens with two attached hydrogens (primary N) is 2. The van der Waals surface area contributed by atoms with Gasteiger partial charge in [-0.15, -0.1) is 10.2 Å². The van der Waals surface area contributed by atoms with Crippen molar-refractivity contribution in [3.8, 4) is 45.2 Å². The van der Waals surface area contributed by atoms with Crippen LogP contribution in [0.3, 0.4) is 0 Å². The number of aromatic nitrogens is 4. The Balaban J connectivity index is 0.000000184. The van der Waals surface area contributed by atoms with Crippen LogP contribution in [0.15, 0.2) is 174 Å². The van der Waals surface area contributed by atoms with Gasteiger partial charge in [-0.25, -0.2) is 0 Å². The predicted octanol–water partition coefficient (Wildman–Crippen LogP) is 9.11. The first-order valence-corrected chi connectivity index (χ1v) is 25.7. The maximum absolute atomic E-state index is 12.7. The predicted molar refractivity (Wildman–Crippen MR) is 300 cm³/mol. The molecule has 0 saturated carbocycles. The Morgan fingerprint density at radius 1 is 0.493 bits per heavy atom. The van der Waals surface area contributed by atoms with Gasteiger partial charge in [-0.1, -0.05) is 103 Å². The number of allylic oxidation sites excluding steroid dienone is 1. The number of para-hydroxylation sites is 2. The highest BCUT2D eigenvalue weighted by molar-refractivity contribution is 6.47. The van der Waals surface area contributed by atoms with E-state index in [4.69, 9.17) is 15.9 Å². The molecule has 0 saturated heterocycles. The number of benzene rings is 8. The van der Waals surface area contributed by atoms with Crippen LogP contribution in [0.1, 0.15) is 27.8 Å². The fourth-order valence-corrected chi connectivity index (χ4v) is 11.2. The number of hydrogen-bond donors (Lipinski definition) is 5. The lowest BCUT2D eigenvalue weighted by atomic mass is 9.94. The van der Waals surface area contributed by atoms with Gasteiger partial charge in [-0.05, 0) is 124 Å². The van der Waals surface area contributed by atoms with Crippen molar-refractivity contribution < 1.29 is 25.5 Å². The number of carbonyl (C=O) groups excluding carboxylic acids is 2. The van der Waals surface area contributed by atoms with Crippen molar-refractivity contribution in [3.63, 3.8) is 0 Å². The molecule has 0 atom stereocenters. The molecule has 13 rings (SSSR count). The third-order valence-electron chi connectivity index (χ3n) is 14.7. The van der Waals surface area contributed by atoms with Crippen LogP contribution in [-0.2, 0) is 41.9 Å². The van der Waals surface area contributed by atoms with Gasteiger partial charge in [0.25, 0.3) is 5.91 Å². The van der Waals surface area contributed by atoms with E-state index < -0.39 is 0 Å². The minimum atomic E-state index is -0.206. The third-order valence-corrected chi connectivity index (χ3v) is 14.7. The van der Waals surface area contributed by atoms with Gasteiger partial charge in [-0.3, -0.25) is 9.59 Å². The standard InChI is InChI=1S/C42H34N6O.C21H21N3O2/c43-21-23-47-37-7-3-1-5-33(37)35-25-31(17-19-39(35)47)27-9-13-29(14-10-27)41-45-46-42(49-41)30-15-11-28(12-16-30)32-18-20-40-36(26-32)34-6-2-4-8-38(34)48(40)24-22-44;22-7-5-12-1-3-15-14(9-12)11-18(25)19(15)20-16-4-2-13(6-8-23)10-17(16)24-21(20)26/h1-20,25-26H,21-24,43-44H2;1-4,9-10H,5-8,11,22-23H2,(H,24,26)/p+2/b;20-19+. The van der Waals surface area contributed by atoms with Crippen LogP contribution >= 0.6 is 0 Å². The van der Waals surface area contributed by atoms with Crippen LogP contribution in [0.25, 0.3) is 99.9 Å². The summed E-state index contributed by atoms with van der Waals surface area (Å²) in [7, 11) is 0. The van der Waals surface area contributed by atoms with Crippen LogP contribution in [0.4, 0.5) is 5.69 Å². The topological polar surface area (TPSA) is 202 Å². The van der Waals surface area contributed by atoms with Crippen molar-refractivity contribution in [1.29, 1.82) is 0 Å². The molecule has 1 aliphatic heterocycles. The maximum atomic E-state index is 12.7. The number of rotatable bonds is 12. The zero-order valence-corrected chi connectivity index (χ0v) is 41.6. The van der Waals surface area contributed by atoms with Gasteiger partial charge in [0, 0.05) is 97.5 Å². The van der Waals surface area contributed by atoms with Crippen LogP contribution in [-0.4, -0.2) is 57.2 Å². The summed E-state index contributed by atoms with van der Waals surface area (Å²) in [6, 6.07) is 59.1. The molecule has 0 spiro atoms. The number of quaternary nitrogens is 2. The summed E-state index contributed by atoms with van der Waals surface area (Å²) in [5, 5.41) is 16.7. The normalized spacial score (nSPS) is 14.0. The molecule has 1 amide bonds. The number of nitrogens with zero attached hydrogens (tertiary/aromatic N) is 4. The second kappa shape index (κ2) is 19.9. The maximum Gasteiger partial charge on any atom is 0.257 e. The summed E-state index contributed by atoms with van der Waals surface area (Å²) >= 11 is 0. The molecule has 4 heterocycles. The first-order valence-electron chi connectivity index (χ1n) is 25.7. The molecular formula is C63H57N9O3+2. The Kier molecular flexibility index (Phi) is 12.5. The summed E-state index contributed by atoms with van der Waals surface area (Å²) in [5.74, 6) is 0.797. The van der Waals surface area contributed by atoms with Crippen LogP contribution in [0.5, 0.6) is 0 Å². The van der Waals surface area contributed by atoms with E-state index >= 15 is 0 Å². The first kappa shape index (κ1) is 47.2. The van der Waals surface area contributed by atoms with E-state index in [1.165, 1.54) is 54.7 Å². The van der Waals surface area contributed by atoms with E-state index in [9.17, 15) is 9.59 Å². The number of fused-ring (bicyclic) bond motifs is 8. The highest BCUT2D eigenvalue weighted by Gasteiger charge is 2.35. The van der Waals surface area contributed by atoms with Crippen molar-refractivity contribution >= 4 is 72.1 Å². The van der Waals surface area contributed by atoms with Crippen LogP contribution < -0.4 is 28.3 Å². The highest BCUT2D eigenvalue weighted by Crippen LogP contribution is 2.43. The number of anilines is 1. The SMILES string of the molecule is NCCc1ccc2c(c1)NC(=O)/C2=C1/C(=O)Cc2cc(CC[NH3+])ccc21.NCCn1c2ccccc2c2cc(-c3ccc(-c4nnc(-c5ccc(-c6ccc7c(c6)c6ccccc6n7CC[NH3+])cc5)o4)cc3)ccc21. The number of carbonyl (C=O) groups is 2. The van der Waals surface area contributed by atoms with Crippen LogP contribution in [0, 0.1) is 0 Å². The second-order valence-corrected chi connectivity index (χ2v) is 19.3. The minimum Gasteiger partial charge on any atom is -0.416 e. The van der Waals surface area contributed by atoms with Gasteiger partial charge in [-0.2, -0.15) is 0 Å². The van der Waals surface area contributed by atoms with Gasteiger partial charge < -0.3 is 41.8 Å². The Labute approximate surface area is 433 Å². The molecule has 370 valence electrons. The molecule has 8 aromatic carbocycles. The molecule has 11 N–H and O–H groups in total. The van der Waals surface area contributed by atoms with Crippen molar-refractivity contribution in [2.75, 3.05) is 31.5 Å². The number of ketones is 1. The highest BCUT2D eigenvalue weighted by atomic mass is 16.4. The number of hydrogen-bond acceptors (Lipinski definition) is 7. The van der Waals surface area contributed by atoms with Gasteiger partial charge >= 0.3 is 0 Å². The Morgan fingerprint density at radius 2 is 1.01 bits per heavy atom. The molecular weight excluding hydrogens is 931 g/mol. The Bertz CT molecular complexity index is 3790. The summed E-state index contributed by atoms with van der Waals surface area (Å²) in [4.78, 5) is 25.4. The number of amides is 1. The van der Waals surface area contributed by atoms with Crippen molar-refractivity contribution in [1.82, 2.24) is 19.3 Å². The Morgan fingerprint density at radius 3 is 1.57 bits per heavy atom. The summed E-state index contributed by atoms with van der Waals surface area (Å²) in [6.45, 7) is 4.51. The van der Waals surface area contributed by atoms with E-state index in [2.05, 4.69) is 151 Å².